The first kappa shape index (κ1) is 19.8. The molecule has 0 bridgehead atoms. The number of nitrogens with zero attached hydrogens (tertiary/aromatic N) is 2. The molecule has 1 aromatic heterocycles. The van der Waals surface area contributed by atoms with Gasteiger partial charge in [-0.1, -0.05) is 6.92 Å². The predicted octanol–water partition coefficient (Wildman–Crippen LogP) is 3.01. The van der Waals surface area contributed by atoms with Crippen LogP contribution < -0.4 is 5.32 Å². The fraction of sp³-hybridized carbons (Fsp3) is 0.545. The van der Waals surface area contributed by atoms with E-state index >= 15 is 0 Å². The number of halogens is 2. The largest absolute Gasteiger partial charge is 0.467 e. The quantitative estimate of drug-likeness (QED) is 0.475. The summed E-state index contributed by atoms with van der Waals surface area (Å²) >= 11 is 5.72. The molecule has 1 aromatic rings. The van der Waals surface area contributed by atoms with E-state index in [0.29, 0.717) is 13.0 Å². The molecule has 0 radical (unpaired) electrons. The van der Waals surface area contributed by atoms with Crippen LogP contribution in [-0.2, 0) is 16.1 Å². The maximum absolute atomic E-state index is 11.9. The van der Waals surface area contributed by atoms with Gasteiger partial charge >= 0.3 is 12.0 Å². The number of ether oxygens (including phenoxy) is 1. The van der Waals surface area contributed by atoms with Crippen LogP contribution in [0.15, 0.2) is 11.7 Å². The van der Waals surface area contributed by atoms with Crippen LogP contribution in [0.3, 0.4) is 0 Å². The van der Waals surface area contributed by atoms with Gasteiger partial charge in [-0.05, 0) is 6.42 Å². The van der Waals surface area contributed by atoms with Crippen LogP contribution in [0, 0.1) is 0 Å². The van der Waals surface area contributed by atoms with Crippen LogP contribution in [0.5, 0.6) is 0 Å². The Labute approximate surface area is 146 Å². The second kappa shape index (κ2) is 11.5. The minimum atomic E-state index is -0.605. The molecule has 20 heavy (non-hydrogen) atoms. The molecule has 1 N–H and O–H groups in total. The van der Waals surface area contributed by atoms with Gasteiger partial charge in [0.1, 0.15) is 6.04 Å². The molecule has 6 nitrogen and oxygen atoms in total. The lowest BCUT2D eigenvalue weighted by atomic mass is 10.2. The molecule has 0 fully saturated rings. The number of nitrogens with one attached hydrogen (secondary N) is 1. The standard InChI is InChI=1S/C11H17N3O3S.I2/c1-4-9(10(15)17-3)13-11(16)14(2)6-8-5-12-7-18-8;1-2/h5,7,9H,4,6H2,1-3H3,(H,13,16);/t9-;/m0./s1. The SMILES string of the molecule is CC[C@H](NC(=O)N(C)Cc1cncs1)C(=O)OC.II. The number of amides is 2. The van der Waals surface area contributed by atoms with Crippen molar-refractivity contribution < 1.29 is 14.3 Å². The molecule has 0 saturated heterocycles. The summed E-state index contributed by atoms with van der Waals surface area (Å²) in [4.78, 5) is 29.6. The number of rotatable bonds is 5. The number of hydrogen-bond donors (Lipinski definition) is 1. The smallest absolute Gasteiger partial charge is 0.328 e. The van der Waals surface area contributed by atoms with Crippen LogP contribution in [0.2, 0.25) is 0 Å². The summed E-state index contributed by atoms with van der Waals surface area (Å²) < 4.78 is 4.61. The van der Waals surface area contributed by atoms with Crippen LogP contribution >= 0.6 is 48.6 Å². The fourth-order valence-electron chi connectivity index (χ4n) is 1.35. The highest BCUT2D eigenvalue weighted by molar-refractivity contribution is 15.0. The Morgan fingerprint density at radius 3 is 2.65 bits per heavy atom. The molecule has 0 unspecified atom stereocenters. The van der Waals surface area contributed by atoms with Gasteiger partial charge in [0, 0.05) is 55.4 Å². The van der Waals surface area contributed by atoms with E-state index < -0.39 is 12.0 Å². The molecule has 9 heteroatoms. The Kier molecular flexibility index (Phi) is 11.4. The average Bonchev–Trinajstić information content (AvgIpc) is 2.98. The van der Waals surface area contributed by atoms with Crippen LogP contribution in [-0.4, -0.2) is 42.1 Å². The number of urea groups is 1. The van der Waals surface area contributed by atoms with Crippen molar-refractivity contribution in [3.63, 3.8) is 0 Å². The van der Waals surface area contributed by atoms with E-state index in [1.165, 1.54) is 23.3 Å². The first-order valence-corrected chi connectivity index (χ1v) is 12.9. The number of aromatic nitrogens is 1. The highest BCUT2D eigenvalue weighted by Gasteiger charge is 2.21. The number of methoxy groups -OCH3 is 1. The molecule has 0 aliphatic heterocycles. The van der Waals surface area contributed by atoms with Crippen molar-refractivity contribution in [2.24, 2.45) is 0 Å². The van der Waals surface area contributed by atoms with Gasteiger partial charge < -0.3 is 15.0 Å². The first-order valence-electron chi connectivity index (χ1n) is 5.69. The number of esters is 1. The topological polar surface area (TPSA) is 71.5 Å². The lowest BCUT2D eigenvalue weighted by Crippen LogP contribution is -2.46. The highest BCUT2D eigenvalue weighted by atomic mass is 128. The third-order valence-corrected chi connectivity index (χ3v) is 3.18. The maximum atomic E-state index is 11.9. The molecule has 0 spiro atoms. The Morgan fingerprint density at radius 2 is 2.20 bits per heavy atom. The first-order chi connectivity index (χ1) is 9.58. The minimum absolute atomic E-state index is 0.305. The van der Waals surface area contributed by atoms with Gasteiger partial charge in [0.2, 0.25) is 0 Å². The van der Waals surface area contributed by atoms with Gasteiger partial charge in [-0.25, -0.2) is 9.59 Å². The van der Waals surface area contributed by atoms with E-state index in [-0.39, 0.29) is 6.03 Å². The predicted molar refractivity (Wildman–Crippen MR) is 96.2 cm³/mol. The maximum Gasteiger partial charge on any atom is 0.328 e. The molecule has 0 aromatic carbocycles. The molecular weight excluding hydrogens is 508 g/mol. The highest BCUT2D eigenvalue weighted by Crippen LogP contribution is 2.08. The molecule has 1 heterocycles. The lowest BCUT2D eigenvalue weighted by Gasteiger charge is -2.20. The molecule has 0 aliphatic rings. The third-order valence-electron chi connectivity index (χ3n) is 2.41. The Hall–Kier alpha value is -0.170. The van der Waals surface area contributed by atoms with Gasteiger partial charge in [-0.15, -0.1) is 11.3 Å². The zero-order valence-corrected chi connectivity index (χ0v) is 16.6. The summed E-state index contributed by atoms with van der Waals surface area (Å²) in [5.41, 5.74) is 1.71. The van der Waals surface area contributed by atoms with E-state index in [2.05, 4.69) is 52.3 Å². The molecule has 0 aliphatic carbocycles. The number of hydrogen-bond acceptors (Lipinski definition) is 5. The molecule has 114 valence electrons. The van der Waals surface area contributed by atoms with Gasteiger partial charge in [0.25, 0.3) is 0 Å². The number of thiazole rings is 1. The number of carbonyl (C=O) groups excluding carboxylic acids is 2. The van der Waals surface area contributed by atoms with Crippen molar-refractivity contribution in [1.82, 2.24) is 15.2 Å². The fourth-order valence-corrected chi connectivity index (χ4v) is 2.00. The monoisotopic (exact) mass is 525 g/mol. The normalized spacial score (nSPS) is 10.8. The van der Waals surface area contributed by atoms with Crippen molar-refractivity contribution in [2.45, 2.75) is 25.9 Å². The Bertz CT molecular complexity index is 404. The van der Waals surface area contributed by atoms with E-state index in [1.807, 2.05) is 6.92 Å². The van der Waals surface area contributed by atoms with Crippen molar-refractivity contribution in [3.05, 3.63) is 16.6 Å². The van der Waals surface area contributed by atoms with Crippen molar-refractivity contribution in [1.29, 1.82) is 0 Å². The summed E-state index contributed by atoms with van der Waals surface area (Å²) in [6.45, 7) is 2.28. The summed E-state index contributed by atoms with van der Waals surface area (Å²) in [6.07, 6.45) is 2.21. The average molecular weight is 525 g/mol. The van der Waals surface area contributed by atoms with E-state index in [0.717, 1.165) is 4.88 Å². The summed E-state index contributed by atoms with van der Waals surface area (Å²) in [5.74, 6) is -0.433. The van der Waals surface area contributed by atoms with Crippen LogP contribution in [0.25, 0.3) is 0 Å². The molecule has 0 saturated carbocycles. The molecule has 1 rings (SSSR count). The minimum Gasteiger partial charge on any atom is -0.467 e. The van der Waals surface area contributed by atoms with E-state index in [4.69, 9.17) is 0 Å². The van der Waals surface area contributed by atoms with Crippen molar-refractivity contribution in [3.8, 4) is 0 Å². The summed E-state index contributed by atoms with van der Waals surface area (Å²) in [7, 11) is 2.97. The van der Waals surface area contributed by atoms with E-state index in [9.17, 15) is 9.59 Å². The molecular formula is C11H17I2N3O3S. The molecule has 1 atom stereocenters. The summed E-state index contributed by atoms with van der Waals surface area (Å²) in [6, 6.07) is -0.910. The zero-order chi connectivity index (χ0) is 15.5. The second-order valence-electron chi connectivity index (χ2n) is 3.76. The van der Waals surface area contributed by atoms with Crippen molar-refractivity contribution >= 4 is 60.6 Å². The third kappa shape index (κ3) is 7.02. The van der Waals surface area contributed by atoms with Gasteiger partial charge in [-0.3, -0.25) is 4.98 Å². The van der Waals surface area contributed by atoms with E-state index in [1.54, 1.807) is 18.8 Å². The van der Waals surface area contributed by atoms with Gasteiger partial charge in [0.05, 0.1) is 19.2 Å². The van der Waals surface area contributed by atoms with Gasteiger partial charge in [0.15, 0.2) is 0 Å². The van der Waals surface area contributed by atoms with Crippen molar-refractivity contribution in [2.75, 3.05) is 14.2 Å². The van der Waals surface area contributed by atoms with Gasteiger partial charge in [-0.2, -0.15) is 0 Å². The van der Waals surface area contributed by atoms with Crippen LogP contribution in [0.4, 0.5) is 4.79 Å². The second-order valence-corrected chi connectivity index (χ2v) is 4.73. The van der Waals surface area contributed by atoms with Crippen LogP contribution in [0.1, 0.15) is 18.2 Å². The Morgan fingerprint density at radius 1 is 1.55 bits per heavy atom. The summed E-state index contributed by atoms with van der Waals surface area (Å²) in [5, 5.41) is 2.63. The lowest BCUT2D eigenvalue weighted by molar-refractivity contribution is -0.142. The number of carbonyl (C=O) groups is 2. The Balaban J connectivity index is 0.00000172. The zero-order valence-electron chi connectivity index (χ0n) is 11.4. The molecule has 2 amide bonds.